The first kappa shape index (κ1) is 12.7. The number of aliphatic hydroxyl groups is 1. The zero-order valence-corrected chi connectivity index (χ0v) is 10.9. The molecule has 0 aliphatic heterocycles. The van der Waals surface area contributed by atoms with E-state index < -0.39 is 0 Å². The lowest BCUT2D eigenvalue weighted by atomic mass is 9.82. The monoisotopic (exact) mass is 276 g/mol. The summed E-state index contributed by atoms with van der Waals surface area (Å²) in [5, 5.41) is 9.81. The zero-order valence-electron chi connectivity index (χ0n) is 9.41. The number of nitrogens with one attached hydrogen (secondary N) is 1. The molecule has 1 fully saturated rings. The number of hydrogen-bond donors (Lipinski definition) is 2. The van der Waals surface area contributed by atoms with Crippen molar-refractivity contribution >= 4 is 29.1 Å². The van der Waals surface area contributed by atoms with E-state index in [0.29, 0.717) is 23.2 Å². The molecule has 6 heteroatoms. The first-order valence-electron chi connectivity index (χ1n) is 5.45. The molecule has 1 heterocycles. The van der Waals surface area contributed by atoms with E-state index in [1.807, 2.05) is 0 Å². The number of nitrogens with zero attached hydrogens (tertiary/aromatic N) is 1. The van der Waals surface area contributed by atoms with E-state index in [4.69, 9.17) is 23.2 Å². The van der Waals surface area contributed by atoms with Crippen molar-refractivity contribution in [3.05, 3.63) is 21.9 Å². The number of hydrogen-bond acceptors (Lipinski definition) is 2. The second kappa shape index (κ2) is 4.88. The third-order valence-corrected chi connectivity index (χ3v) is 3.74. The van der Waals surface area contributed by atoms with Crippen LogP contribution in [0.25, 0.3) is 0 Å². The summed E-state index contributed by atoms with van der Waals surface area (Å²) < 4.78 is 0. The third-order valence-electron chi connectivity index (χ3n) is 3.05. The molecule has 0 bridgehead atoms. The van der Waals surface area contributed by atoms with Crippen LogP contribution >= 0.6 is 23.2 Å². The topological polar surface area (TPSA) is 56.3 Å². The summed E-state index contributed by atoms with van der Waals surface area (Å²) in [5.41, 5.74) is 0.391. The highest BCUT2D eigenvalue weighted by atomic mass is 35.5. The Morgan fingerprint density at radius 3 is 2.71 bits per heavy atom. The fourth-order valence-electron chi connectivity index (χ4n) is 2.04. The van der Waals surface area contributed by atoms with Crippen molar-refractivity contribution in [1.29, 1.82) is 0 Å². The van der Waals surface area contributed by atoms with E-state index in [1.165, 1.54) is 6.07 Å². The highest BCUT2D eigenvalue weighted by Crippen LogP contribution is 2.28. The summed E-state index contributed by atoms with van der Waals surface area (Å²) in [6.07, 6.45) is 1.34. The number of aromatic nitrogens is 1. The minimum Gasteiger partial charge on any atom is -0.393 e. The molecule has 0 spiro atoms. The minimum atomic E-state index is -0.196. The molecule has 1 aliphatic rings. The molecule has 0 unspecified atom stereocenters. The smallest absolute Gasteiger partial charge is 0.270 e. The fraction of sp³-hybridized carbons (Fsp3) is 0.545. The fourth-order valence-corrected chi connectivity index (χ4v) is 2.36. The molecule has 1 aromatic rings. The van der Waals surface area contributed by atoms with Crippen LogP contribution < -0.4 is 0 Å². The zero-order chi connectivity index (χ0) is 12.6. The molecule has 1 aromatic heterocycles. The van der Waals surface area contributed by atoms with Gasteiger partial charge in [0.15, 0.2) is 0 Å². The third kappa shape index (κ3) is 2.76. The van der Waals surface area contributed by atoms with Crippen LogP contribution in [-0.2, 0) is 0 Å². The first-order chi connectivity index (χ1) is 7.97. The molecule has 0 aromatic carbocycles. The lowest BCUT2D eigenvalue weighted by Crippen LogP contribution is -2.39. The second-order valence-corrected chi connectivity index (χ2v) is 5.31. The highest BCUT2D eigenvalue weighted by molar-refractivity contribution is 6.41. The molecule has 2 rings (SSSR count). The molecule has 0 radical (unpaired) electrons. The molecule has 0 saturated heterocycles. The predicted octanol–water partition coefficient (Wildman–Crippen LogP) is 2.16. The van der Waals surface area contributed by atoms with Crippen LogP contribution in [0.1, 0.15) is 23.3 Å². The van der Waals surface area contributed by atoms with Crippen LogP contribution in [-0.4, -0.2) is 40.6 Å². The Morgan fingerprint density at radius 2 is 2.24 bits per heavy atom. The van der Waals surface area contributed by atoms with Gasteiger partial charge in [0.25, 0.3) is 5.91 Å². The van der Waals surface area contributed by atoms with Gasteiger partial charge in [-0.25, -0.2) is 0 Å². The maximum atomic E-state index is 12.0. The van der Waals surface area contributed by atoms with Crippen LogP contribution in [0.5, 0.6) is 0 Å². The quantitative estimate of drug-likeness (QED) is 0.889. The van der Waals surface area contributed by atoms with Crippen molar-refractivity contribution in [2.45, 2.75) is 18.9 Å². The molecule has 0 atom stereocenters. The number of aromatic amines is 1. The van der Waals surface area contributed by atoms with Gasteiger partial charge in [-0.3, -0.25) is 4.79 Å². The number of halogens is 2. The number of aliphatic hydroxyl groups excluding tert-OH is 1. The van der Waals surface area contributed by atoms with Gasteiger partial charge in [0.2, 0.25) is 0 Å². The van der Waals surface area contributed by atoms with Gasteiger partial charge in [-0.15, -0.1) is 0 Å². The van der Waals surface area contributed by atoms with Crippen molar-refractivity contribution < 1.29 is 9.90 Å². The van der Waals surface area contributed by atoms with Crippen molar-refractivity contribution in [3.8, 4) is 0 Å². The Labute approximate surface area is 110 Å². The normalized spacial score (nSPS) is 23.3. The summed E-state index contributed by atoms with van der Waals surface area (Å²) >= 11 is 11.5. The van der Waals surface area contributed by atoms with E-state index >= 15 is 0 Å². The molecular formula is C11H14Cl2N2O2. The summed E-state index contributed by atoms with van der Waals surface area (Å²) in [4.78, 5) is 16.3. The average molecular weight is 277 g/mol. The maximum absolute atomic E-state index is 12.0. The molecule has 4 nitrogen and oxygen atoms in total. The predicted molar refractivity (Wildman–Crippen MR) is 66.5 cm³/mol. The number of amides is 1. The van der Waals surface area contributed by atoms with Gasteiger partial charge in [0, 0.05) is 13.6 Å². The van der Waals surface area contributed by atoms with E-state index in [1.54, 1.807) is 11.9 Å². The Bertz CT molecular complexity index is 408. The van der Waals surface area contributed by atoms with Crippen LogP contribution in [0.15, 0.2) is 6.07 Å². The van der Waals surface area contributed by atoms with Crippen molar-refractivity contribution in [2.24, 2.45) is 5.92 Å². The molecule has 17 heavy (non-hydrogen) atoms. The van der Waals surface area contributed by atoms with Crippen molar-refractivity contribution in [3.63, 3.8) is 0 Å². The van der Waals surface area contributed by atoms with Crippen LogP contribution in [0, 0.1) is 5.92 Å². The molecule has 94 valence electrons. The van der Waals surface area contributed by atoms with Crippen molar-refractivity contribution in [2.75, 3.05) is 13.6 Å². The van der Waals surface area contributed by atoms with Crippen LogP contribution in [0.3, 0.4) is 0 Å². The summed E-state index contributed by atoms with van der Waals surface area (Å²) in [6, 6.07) is 1.53. The first-order valence-corrected chi connectivity index (χ1v) is 6.20. The maximum Gasteiger partial charge on any atom is 0.270 e. The number of carbonyl (C=O) groups is 1. The molecule has 1 saturated carbocycles. The van der Waals surface area contributed by atoms with Gasteiger partial charge >= 0.3 is 0 Å². The van der Waals surface area contributed by atoms with Gasteiger partial charge in [0.05, 0.1) is 11.1 Å². The second-order valence-electron chi connectivity index (χ2n) is 4.52. The van der Waals surface area contributed by atoms with Gasteiger partial charge in [-0.1, -0.05) is 23.2 Å². The van der Waals surface area contributed by atoms with E-state index in [2.05, 4.69) is 4.98 Å². The largest absolute Gasteiger partial charge is 0.393 e. The summed E-state index contributed by atoms with van der Waals surface area (Å²) in [7, 11) is 1.73. The lowest BCUT2D eigenvalue weighted by molar-refractivity contribution is 0.0264. The molecule has 2 N–H and O–H groups in total. The number of rotatable bonds is 3. The minimum absolute atomic E-state index is 0.139. The van der Waals surface area contributed by atoms with Gasteiger partial charge < -0.3 is 15.0 Å². The number of H-pyrrole nitrogens is 1. The average Bonchev–Trinajstić information content (AvgIpc) is 2.56. The Balaban J connectivity index is 1.95. The van der Waals surface area contributed by atoms with E-state index in [0.717, 1.165) is 12.8 Å². The standard InChI is InChI=1S/C11H14Cl2N2O2/c1-15(5-6-2-7(16)3-6)11(17)9-4-8(12)10(13)14-9/h4,6-7,14,16H,2-3,5H2,1H3. The van der Waals surface area contributed by atoms with Crippen molar-refractivity contribution in [1.82, 2.24) is 9.88 Å². The number of carbonyl (C=O) groups excluding carboxylic acids is 1. The van der Waals surface area contributed by atoms with Gasteiger partial charge in [-0.2, -0.15) is 0 Å². The highest BCUT2D eigenvalue weighted by Gasteiger charge is 2.29. The summed E-state index contributed by atoms with van der Waals surface area (Å²) in [5.74, 6) is 0.250. The van der Waals surface area contributed by atoms with E-state index in [-0.39, 0.29) is 17.2 Å². The molecule has 1 amide bonds. The van der Waals surface area contributed by atoms with Gasteiger partial charge in [-0.05, 0) is 24.8 Å². The Hall–Kier alpha value is -0.710. The summed E-state index contributed by atoms with van der Waals surface area (Å²) in [6.45, 7) is 0.643. The van der Waals surface area contributed by atoms with Gasteiger partial charge in [0.1, 0.15) is 10.8 Å². The Morgan fingerprint density at radius 1 is 1.59 bits per heavy atom. The SMILES string of the molecule is CN(CC1CC(O)C1)C(=O)c1cc(Cl)c(Cl)[nH]1. The molecular weight excluding hydrogens is 263 g/mol. The van der Waals surface area contributed by atoms with E-state index in [9.17, 15) is 9.90 Å². The lowest BCUT2D eigenvalue weighted by Gasteiger charge is -2.34. The Kier molecular flexibility index (Phi) is 3.66. The molecule has 1 aliphatic carbocycles. The van der Waals surface area contributed by atoms with Crippen LogP contribution in [0.2, 0.25) is 10.2 Å². The van der Waals surface area contributed by atoms with Crippen LogP contribution in [0.4, 0.5) is 0 Å².